The summed E-state index contributed by atoms with van der Waals surface area (Å²) in [5.74, 6) is 0.0503. The van der Waals surface area contributed by atoms with Gasteiger partial charge in [-0.1, -0.05) is 37.3 Å². The molecule has 1 aliphatic heterocycles. The third-order valence-electron chi connectivity index (χ3n) is 4.49. The molecule has 0 spiro atoms. The van der Waals surface area contributed by atoms with E-state index in [1.807, 2.05) is 25.1 Å². The lowest BCUT2D eigenvalue weighted by Crippen LogP contribution is -2.47. The molecule has 0 N–H and O–H groups in total. The van der Waals surface area contributed by atoms with Gasteiger partial charge in [0.15, 0.2) is 0 Å². The average molecular weight is 353 g/mol. The summed E-state index contributed by atoms with van der Waals surface area (Å²) in [7, 11) is -1.54. The fraction of sp³-hybridized carbons (Fsp3) is 0.611. The first-order chi connectivity index (χ1) is 11.5. The largest absolute Gasteiger partial charge is 0.344 e. The number of nitrogens with zero attached hydrogens (tertiary/aromatic N) is 2. The molecule has 5 nitrogen and oxygen atoms in total. The van der Waals surface area contributed by atoms with Crippen LogP contribution in [0, 0.1) is 0 Å². The minimum Gasteiger partial charge on any atom is -0.344 e. The van der Waals surface area contributed by atoms with E-state index in [0.29, 0.717) is 25.9 Å². The first-order valence-corrected chi connectivity index (χ1v) is 10.3. The maximum Gasteiger partial charge on any atom is 0.240 e. The number of aryl methyl sites for hydroxylation is 1. The molecule has 2 rings (SSSR count). The van der Waals surface area contributed by atoms with Crippen molar-refractivity contribution in [3.63, 3.8) is 0 Å². The van der Waals surface area contributed by atoms with E-state index in [2.05, 4.69) is 12.1 Å². The van der Waals surface area contributed by atoms with E-state index in [0.717, 1.165) is 19.3 Å². The van der Waals surface area contributed by atoms with Crippen LogP contribution in [0.15, 0.2) is 30.3 Å². The van der Waals surface area contributed by atoms with Gasteiger partial charge in [0.25, 0.3) is 0 Å². The molecule has 0 aliphatic carbocycles. The van der Waals surface area contributed by atoms with Crippen molar-refractivity contribution in [1.82, 2.24) is 9.21 Å². The van der Waals surface area contributed by atoms with Crippen LogP contribution in [-0.2, 0) is 21.2 Å². The molecule has 6 heteroatoms. The van der Waals surface area contributed by atoms with Crippen LogP contribution in [-0.4, -0.2) is 55.5 Å². The molecule has 1 atom stereocenters. The maximum atomic E-state index is 12.7. The summed E-state index contributed by atoms with van der Waals surface area (Å²) in [4.78, 5) is 14.4. The van der Waals surface area contributed by atoms with Gasteiger partial charge in [-0.3, -0.25) is 4.79 Å². The molecule has 1 aromatic carbocycles. The standard InChI is InChI=1S/C18H28N2O3S/c1-3-15-24(22,23)20-14-8-12-17(20)18(21)19(2)13-7-11-16-9-5-4-6-10-16/h4-6,9-10,17H,3,7-8,11-15H2,1-2H3. The van der Waals surface area contributed by atoms with Gasteiger partial charge in [-0.2, -0.15) is 4.31 Å². The van der Waals surface area contributed by atoms with Crippen LogP contribution >= 0.6 is 0 Å². The number of benzene rings is 1. The monoisotopic (exact) mass is 352 g/mol. The highest BCUT2D eigenvalue weighted by molar-refractivity contribution is 7.89. The Morgan fingerprint density at radius 2 is 2.00 bits per heavy atom. The quantitative estimate of drug-likeness (QED) is 0.721. The van der Waals surface area contributed by atoms with Crippen LogP contribution in [0.2, 0.25) is 0 Å². The minimum atomic E-state index is -3.32. The van der Waals surface area contributed by atoms with Gasteiger partial charge >= 0.3 is 0 Å². The smallest absolute Gasteiger partial charge is 0.240 e. The fourth-order valence-corrected chi connectivity index (χ4v) is 4.97. The predicted molar refractivity (Wildman–Crippen MR) is 96.2 cm³/mol. The van der Waals surface area contributed by atoms with Gasteiger partial charge in [-0.25, -0.2) is 8.42 Å². The van der Waals surface area contributed by atoms with Gasteiger partial charge in [-0.05, 0) is 37.7 Å². The Kier molecular flexibility index (Phi) is 6.80. The Hall–Kier alpha value is -1.40. The van der Waals surface area contributed by atoms with Crippen molar-refractivity contribution < 1.29 is 13.2 Å². The van der Waals surface area contributed by atoms with Crippen molar-refractivity contribution in [2.75, 3.05) is 25.9 Å². The first-order valence-electron chi connectivity index (χ1n) is 8.74. The Morgan fingerprint density at radius 3 is 2.67 bits per heavy atom. The number of amides is 1. The minimum absolute atomic E-state index is 0.0692. The topological polar surface area (TPSA) is 57.7 Å². The summed E-state index contributed by atoms with van der Waals surface area (Å²) in [6, 6.07) is 9.67. The average Bonchev–Trinajstić information content (AvgIpc) is 3.05. The number of carbonyl (C=O) groups excluding carboxylic acids is 1. The highest BCUT2D eigenvalue weighted by atomic mass is 32.2. The second-order valence-corrected chi connectivity index (χ2v) is 8.47. The van der Waals surface area contributed by atoms with Gasteiger partial charge < -0.3 is 4.90 Å². The highest BCUT2D eigenvalue weighted by Gasteiger charge is 2.39. The van der Waals surface area contributed by atoms with Gasteiger partial charge in [0, 0.05) is 20.1 Å². The van der Waals surface area contributed by atoms with E-state index in [-0.39, 0.29) is 11.7 Å². The van der Waals surface area contributed by atoms with Crippen LogP contribution in [0.3, 0.4) is 0 Å². The first kappa shape index (κ1) is 18.9. The Labute approximate surface area is 145 Å². The molecule has 24 heavy (non-hydrogen) atoms. The highest BCUT2D eigenvalue weighted by Crippen LogP contribution is 2.23. The maximum absolute atomic E-state index is 12.7. The Bertz CT molecular complexity index is 631. The zero-order valence-corrected chi connectivity index (χ0v) is 15.5. The second kappa shape index (κ2) is 8.62. The van der Waals surface area contributed by atoms with Crippen LogP contribution in [0.4, 0.5) is 0 Å². The predicted octanol–water partition coefficient (Wildman–Crippen LogP) is 2.28. The number of likely N-dealkylation sites (N-methyl/N-ethyl adjacent to an activating group) is 1. The van der Waals surface area contributed by atoms with E-state index < -0.39 is 16.1 Å². The molecule has 1 aromatic rings. The molecule has 0 aromatic heterocycles. The van der Waals surface area contributed by atoms with Crippen molar-refractivity contribution in [3.05, 3.63) is 35.9 Å². The molecule has 1 aliphatic rings. The lowest BCUT2D eigenvalue weighted by molar-refractivity contribution is -0.133. The Balaban J connectivity index is 1.89. The van der Waals surface area contributed by atoms with E-state index in [1.54, 1.807) is 11.9 Å². The fourth-order valence-electron chi connectivity index (χ4n) is 3.22. The molecule has 1 heterocycles. The molecular weight excluding hydrogens is 324 g/mol. The molecule has 1 saturated heterocycles. The van der Waals surface area contributed by atoms with Gasteiger partial charge in [0.2, 0.25) is 15.9 Å². The normalized spacial score (nSPS) is 18.7. The van der Waals surface area contributed by atoms with Crippen LogP contribution in [0.5, 0.6) is 0 Å². The summed E-state index contributed by atoms with van der Waals surface area (Å²) < 4.78 is 26.1. The molecule has 1 unspecified atom stereocenters. The van der Waals surface area contributed by atoms with Crippen molar-refractivity contribution >= 4 is 15.9 Å². The van der Waals surface area contributed by atoms with Crippen LogP contribution < -0.4 is 0 Å². The van der Waals surface area contributed by atoms with Crippen molar-refractivity contribution in [1.29, 1.82) is 0 Å². The molecule has 0 bridgehead atoms. The summed E-state index contributed by atoms with van der Waals surface area (Å²) in [5, 5.41) is 0. The van der Waals surface area contributed by atoms with Crippen molar-refractivity contribution in [2.45, 2.75) is 45.1 Å². The number of carbonyl (C=O) groups is 1. The zero-order valence-electron chi connectivity index (χ0n) is 14.6. The Morgan fingerprint density at radius 1 is 1.29 bits per heavy atom. The van der Waals surface area contributed by atoms with Gasteiger partial charge in [0.1, 0.15) is 6.04 Å². The third-order valence-corrected chi connectivity index (χ3v) is 6.56. The molecule has 0 radical (unpaired) electrons. The summed E-state index contributed by atoms with van der Waals surface area (Å²) >= 11 is 0. The van der Waals surface area contributed by atoms with Gasteiger partial charge in [0.05, 0.1) is 5.75 Å². The number of sulfonamides is 1. The van der Waals surface area contributed by atoms with E-state index >= 15 is 0 Å². The molecule has 0 saturated carbocycles. The van der Waals surface area contributed by atoms with E-state index in [9.17, 15) is 13.2 Å². The molecule has 134 valence electrons. The van der Waals surface area contributed by atoms with E-state index in [1.165, 1.54) is 9.87 Å². The van der Waals surface area contributed by atoms with Crippen molar-refractivity contribution in [3.8, 4) is 0 Å². The van der Waals surface area contributed by atoms with Crippen LogP contribution in [0.1, 0.15) is 38.2 Å². The molecule has 1 amide bonds. The summed E-state index contributed by atoms with van der Waals surface area (Å²) in [6.07, 6.45) is 3.76. The summed E-state index contributed by atoms with van der Waals surface area (Å²) in [6.45, 7) is 2.96. The van der Waals surface area contributed by atoms with Crippen molar-refractivity contribution in [2.24, 2.45) is 0 Å². The lowest BCUT2D eigenvalue weighted by Gasteiger charge is -2.27. The zero-order chi connectivity index (χ0) is 17.6. The third kappa shape index (κ3) is 4.80. The van der Waals surface area contributed by atoms with Gasteiger partial charge in [-0.15, -0.1) is 0 Å². The SMILES string of the molecule is CCCS(=O)(=O)N1CCCC1C(=O)N(C)CCCc1ccccc1. The van der Waals surface area contributed by atoms with Crippen LogP contribution in [0.25, 0.3) is 0 Å². The van der Waals surface area contributed by atoms with E-state index in [4.69, 9.17) is 0 Å². The lowest BCUT2D eigenvalue weighted by atomic mass is 10.1. The second-order valence-electron chi connectivity index (χ2n) is 6.43. The number of rotatable bonds is 8. The molecular formula is C18H28N2O3S. The summed E-state index contributed by atoms with van der Waals surface area (Å²) in [5.41, 5.74) is 1.26. The number of hydrogen-bond donors (Lipinski definition) is 0. The number of hydrogen-bond acceptors (Lipinski definition) is 3. The molecule has 1 fully saturated rings.